The molecule has 2 rings (SSSR count). The number of aryl methyl sites for hydroxylation is 1. The number of thiazole rings is 1. The van der Waals surface area contributed by atoms with Crippen molar-refractivity contribution in [1.29, 1.82) is 0 Å². The average molecular weight is 297 g/mol. The van der Waals surface area contributed by atoms with Crippen molar-refractivity contribution in [2.24, 2.45) is 5.92 Å². The minimum atomic E-state index is 0.691. The normalized spacial score (nSPS) is 16.1. The van der Waals surface area contributed by atoms with E-state index in [0.29, 0.717) is 5.92 Å². The van der Waals surface area contributed by atoms with Crippen LogP contribution < -0.4 is 10.2 Å². The number of hydrogen-bond acceptors (Lipinski definition) is 5. The lowest BCUT2D eigenvalue weighted by Gasteiger charge is -2.26. The van der Waals surface area contributed by atoms with E-state index < -0.39 is 0 Å². The Bertz CT molecular complexity index is 400. The Morgan fingerprint density at radius 2 is 2.10 bits per heavy atom. The zero-order valence-corrected chi connectivity index (χ0v) is 13.8. The number of nitrogens with one attached hydrogen (secondary N) is 1. The van der Waals surface area contributed by atoms with Gasteiger partial charge in [-0.1, -0.05) is 27.2 Å². The van der Waals surface area contributed by atoms with Crippen molar-refractivity contribution in [3.8, 4) is 0 Å². The van der Waals surface area contributed by atoms with E-state index in [2.05, 4.69) is 31.0 Å². The van der Waals surface area contributed by atoms with Gasteiger partial charge < -0.3 is 15.0 Å². The van der Waals surface area contributed by atoms with Gasteiger partial charge in [0.1, 0.15) is 0 Å². The number of nitrogens with zero attached hydrogens (tertiary/aromatic N) is 2. The van der Waals surface area contributed by atoms with Gasteiger partial charge >= 0.3 is 0 Å². The third kappa shape index (κ3) is 4.43. The summed E-state index contributed by atoms with van der Waals surface area (Å²) in [5.74, 6) is 0.691. The molecular formula is C15H27N3OS. The van der Waals surface area contributed by atoms with Crippen molar-refractivity contribution in [3.05, 3.63) is 10.6 Å². The molecule has 2 heterocycles. The van der Waals surface area contributed by atoms with Crippen LogP contribution in [0.1, 0.15) is 37.8 Å². The first-order valence-electron chi connectivity index (χ1n) is 7.72. The van der Waals surface area contributed by atoms with E-state index in [9.17, 15) is 0 Å². The number of aromatic nitrogens is 1. The van der Waals surface area contributed by atoms with Gasteiger partial charge in [0.05, 0.1) is 18.9 Å². The maximum atomic E-state index is 5.42. The van der Waals surface area contributed by atoms with Crippen LogP contribution in [0.15, 0.2) is 0 Å². The quantitative estimate of drug-likeness (QED) is 0.839. The van der Waals surface area contributed by atoms with E-state index in [-0.39, 0.29) is 0 Å². The minimum Gasteiger partial charge on any atom is -0.378 e. The molecule has 0 saturated carbocycles. The third-order valence-corrected chi connectivity index (χ3v) is 4.53. The van der Waals surface area contributed by atoms with Crippen LogP contribution in [-0.4, -0.2) is 37.8 Å². The van der Waals surface area contributed by atoms with Crippen molar-refractivity contribution < 1.29 is 4.74 Å². The van der Waals surface area contributed by atoms with E-state index in [0.717, 1.165) is 52.2 Å². The molecule has 4 nitrogen and oxygen atoms in total. The highest BCUT2D eigenvalue weighted by atomic mass is 32.1. The monoisotopic (exact) mass is 297 g/mol. The number of morpholine rings is 1. The fourth-order valence-corrected chi connectivity index (χ4v) is 3.43. The second-order valence-electron chi connectivity index (χ2n) is 5.74. The summed E-state index contributed by atoms with van der Waals surface area (Å²) < 4.78 is 5.42. The van der Waals surface area contributed by atoms with E-state index >= 15 is 0 Å². The van der Waals surface area contributed by atoms with E-state index in [1.54, 1.807) is 0 Å². The largest absolute Gasteiger partial charge is 0.378 e. The molecule has 0 unspecified atom stereocenters. The Morgan fingerprint density at radius 1 is 1.35 bits per heavy atom. The molecule has 0 aromatic carbocycles. The maximum Gasteiger partial charge on any atom is 0.185 e. The van der Waals surface area contributed by atoms with Crippen LogP contribution in [0.25, 0.3) is 0 Å². The van der Waals surface area contributed by atoms with Gasteiger partial charge in [0.15, 0.2) is 5.13 Å². The summed E-state index contributed by atoms with van der Waals surface area (Å²) in [4.78, 5) is 8.64. The van der Waals surface area contributed by atoms with Crippen LogP contribution in [0.3, 0.4) is 0 Å². The smallest absolute Gasteiger partial charge is 0.185 e. The van der Waals surface area contributed by atoms with Gasteiger partial charge in [-0.3, -0.25) is 0 Å². The second-order valence-corrected chi connectivity index (χ2v) is 6.80. The highest BCUT2D eigenvalue weighted by molar-refractivity contribution is 7.15. The summed E-state index contributed by atoms with van der Waals surface area (Å²) in [6.07, 6.45) is 2.24. The molecule has 114 valence electrons. The molecule has 0 aliphatic carbocycles. The first kappa shape index (κ1) is 15.7. The van der Waals surface area contributed by atoms with E-state index in [1.165, 1.54) is 15.7 Å². The predicted molar refractivity (Wildman–Crippen MR) is 85.7 cm³/mol. The van der Waals surface area contributed by atoms with Crippen LogP contribution in [-0.2, 0) is 17.7 Å². The minimum absolute atomic E-state index is 0.691. The van der Waals surface area contributed by atoms with Crippen molar-refractivity contribution in [1.82, 2.24) is 10.3 Å². The zero-order chi connectivity index (χ0) is 14.4. The molecule has 0 spiro atoms. The van der Waals surface area contributed by atoms with Gasteiger partial charge in [-0.15, -0.1) is 11.3 Å². The van der Waals surface area contributed by atoms with Crippen molar-refractivity contribution in [2.75, 3.05) is 37.7 Å². The van der Waals surface area contributed by atoms with Gasteiger partial charge in [0, 0.05) is 24.5 Å². The zero-order valence-electron chi connectivity index (χ0n) is 12.9. The lowest BCUT2D eigenvalue weighted by Crippen LogP contribution is -2.36. The molecule has 0 atom stereocenters. The molecule has 0 bridgehead atoms. The number of rotatable bonds is 7. The van der Waals surface area contributed by atoms with Crippen LogP contribution >= 0.6 is 11.3 Å². The highest BCUT2D eigenvalue weighted by Crippen LogP contribution is 2.28. The summed E-state index contributed by atoms with van der Waals surface area (Å²) >= 11 is 1.85. The van der Waals surface area contributed by atoms with Gasteiger partial charge in [-0.05, 0) is 18.9 Å². The fraction of sp³-hybridized carbons (Fsp3) is 0.800. The first-order valence-corrected chi connectivity index (χ1v) is 8.54. The molecule has 0 radical (unpaired) electrons. The van der Waals surface area contributed by atoms with Gasteiger partial charge in [0.25, 0.3) is 0 Å². The molecule has 20 heavy (non-hydrogen) atoms. The number of ether oxygens (including phenoxy) is 1. The third-order valence-electron chi connectivity index (χ3n) is 3.37. The van der Waals surface area contributed by atoms with Crippen molar-refractivity contribution in [3.63, 3.8) is 0 Å². The van der Waals surface area contributed by atoms with Crippen LogP contribution in [0, 0.1) is 5.92 Å². The van der Waals surface area contributed by atoms with Crippen LogP contribution in [0.5, 0.6) is 0 Å². The summed E-state index contributed by atoms with van der Waals surface area (Å²) in [6.45, 7) is 12.3. The average Bonchev–Trinajstić information content (AvgIpc) is 2.83. The standard InChI is InChI=1S/C15H27N3OS/c1-4-5-13-14(11-16-10-12(2)3)20-15(17-13)18-6-8-19-9-7-18/h12,16H,4-11H2,1-3H3. The summed E-state index contributed by atoms with van der Waals surface area (Å²) in [5, 5.41) is 4.72. The Hall–Kier alpha value is -0.650. The fourth-order valence-electron chi connectivity index (χ4n) is 2.30. The van der Waals surface area contributed by atoms with Crippen molar-refractivity contribution in [2.45, 2.75) is 40.2 Å². The molecule has 1 aromatic rings. The van der Waals surface area contributed by atoms with Gasteiger partial charge in [-0.25, -0.2) is 4.98 Å². The first-order chi connectivity index (χ1) is 9.70. The van der Waals surface area contributed by atoms with E-state index in [1.807, 2.05) is 11.3 Å². The lowest BCUT2D eigenvalue weighted by atomic mass is 10.2. The van der Waals surface area contributed by atoms with Crippen molar-refractivity contribution >= 4 is 16.5 Å². The molecular weight excluding hydrogens is 270 g/mol. The molecule has 1 fully saturated rings. The summed E-state index contributed by atoms with van der Waals surface area (Å²) in [7, 11) is 0. The van der Waals surface area contributed by atoms with Gasteiger partial charge in [0.2, 0.25) is 0 Å². The molecule has 0 amide bonds. The highest BCUT2D eigenvalue weighted by Gasteiger charge is 2.18. The Balaban J connectivity index is 2.02. The topological polar surface area (TPSA) is 37.4 Å². The molecule has 1 aromatic heterocycles. The Morgan fingerprint density at radius 3 is 2.75 bits per heavy atom. The summed E-state index contributed by atoms with van der Waals surface area (Å²) in [5.41, 5.74) is 1.29. The second kappa shape index (κ2) is 7.96. The van der Waals surface area contributed by atoms with Crippen LogP contribution in [0.4, 0.5) is 5.13 Å². The lowest BCUT2D eigenvalue weighted by molar-refractivity contribution is 0.122. The molecule has 1 saturated heterocycles. The number of anilines is 1. The number of hydrogen-bond donors (Lipinski definition) is 1. The van der Waals surface area contributed by atoms with Crippen LogP contribution in [0.2, 0.25) is 0 Å². The predicted octanol–water partition coefficient (Wildman–Crippen LogP) is 2.68. The van der Waals surface area contributed by atoms with E-state index in [4.69, 9.17) is 9.72 Å². The molecule has 1 N–H and O–H groups in total. The maximum absolute atomic E-state index is 5.42. The molecule has 1 aliphatic heterocycles. The Labute approximate surface area is 126 Å². The Kier molecular flexibility index (Phi) is 6.26. The van der Waals surface area contributed by atoms with Gasteiger partial charge in [-0.2, -0.15) is 0 Å². The summed E-state index contributed by atoms with van der Waals surface area (Å²) in [6, 6.07) is 0. The SMILES string of the molecule is CCCc1nc(N2CCOCC2)sc1CNCC(C)C. The molecule has 5 heteroatoms. The molecule has 1 aliphatic rings.